The Morgan fingerprint density at radius 1 is 0.577 bits per heavy atom. The van der Waals surface area contributed by atoms with E-state index in [9.17, 15) is 37.4 Å². The number of ether oxygens (including phenoxy) is 6. The first kappa shape index (κ1) is 57.7. The Labute approximate surface area is 461 Å². The Morgan fingerprint density at radius 3 is 1.28 bits per heavy atom. The number of benzene rings is 4. The number of halogens is 6. The van der Waals surface area contributed by atoms with E-state index in [0.717, 1.165) is 85.2 Å². The van der Waals surface area contributed by atoms with Crippen molar-refractivity contribution in [2.75, 3.05) is 102 Å². The molecule has 0 unspecified atom stereocenters. The van der Waals surface area contributed by atoms with Gasteiger partial charge in [-0.3, -0.25) is 9.59 Å². The number of carbonyl (C=O) groups is 2. The van der Waals surface area contributed by atoms with Crippen molar-refractivity contribution in [1.82, 2.24) is 21.3 Å². The van der Waals surface area contributed by atoms with E-state index in [4.69, 9.17) is 51.6 Å². The number of aliphatic hydroxyl groups excluding tert-OH is 2. The SMILES string of the molecule is CC(=O)N[C@@H](Cc1cc(F)cc(F)c1)[C@H](O)CN[C@H]1C[C@@]2(CCOC2)Oc2c1cc(Cl)cc2N1CCOCC1.CC(=O)N[C@@H](Cc1cc(F)cc(F)c1)[C@H](O)CN[C@H]1C[C@]2(CCOC2)Oc2c1cc(Cl)cc2N1CCOCC1. The minimum atomic E-state index is -1.04. The van der Waals surface area contributed by atoms with Crippen LogP contribution in [0.25, 0.3) is 0 Å². The largest absolute Gasteiger partial charge is 0.482 e. The number of anilines is 2. The van der Waals surface area contributed by atoms with E-state index in [-0.39, 0.29) is 49.8 Å². The molecule has 0 radical (unpaired) electrons. The normalized spacial score (nSPS) is 24.2. The van der Waals surface area contributed by atoms with Crippen LogP contribution in [0.5, 0.6) is 11.5 Å². The summed E-state index contributed by atoms with van der Waals surface area (Å²) < 4.78 is 90.9. The summed E-state index contributed by atoms with van der Waals surface area (Å²) in [6, 6.07) is 12.0. The van der Waals surface area contributed by atoms with Crippen LogP contribution in [0.4, 0.5) is 28.9 Å². The number of nitrogens with zero attached hydrogens (tertiary/aromatic N) is 2. The van der Waals surface area contributed by atoms with Gasteiger partial charge in [-0.05, 0) is 72.5 Å². The molecule has 8 atom stereocenters. The molecule has 4 aromatic carbocycles. The summed E-state index contributed by atoms with van der Waals surface area (Å²) >= 11 is 13.2. The highest BCUT2D eigenvalue weighted by atomic mass is 35.5. The van der Waals surface area contributed by atoms with Gasteiger partial charge in [-0.1, -0.05) is 23.2 Å². The van der Waals surface area contributed by atoms with Crippen LogP contribution in [0, 0.1) is 23.3 Å². The molecule has 2 amide bonds. The molecule has 78 heavy (non-hydrogen) atoms. The van der Waals surface area contributed by atoms with Crippen LogP contribution < -0.4 is 40.5 Å². The average molecular weight is 1130 g/mol. The summed E-state index contributed by atoms with van der Waals surface area (Å²) in [6.45, 7) is 10.3. The minimum absolute atomic E-state index is 0.0618. The van der Waals surface area contributed by atoms with Crippen LogP contribution in [-0.2, 0) is 41.4 Å². The van der Waals surface area contributed by atoms with E-state index >= 15 is 0 Å². The number of amides is 2. The third-order valence-electron chi connectivity index (χ3n) is 15.1. The molecule has 4 aromatic rings. The second kappa shape index (κ2) is 25.6. The first-order valence-corrected chi connectivity index (χ1v) is 27.3. The van der Waals surface area contributed by atoms with E-state index in [1.165, 1.54) is 38.1 Å². The van der Waals surface area contributed by atoms with Crippen molar-refractivity contribution >= 4 is 46.4 Å². The van der Waals surface area contributed by atoms with Gasteiger partial charge in [0, 0.05) is 124 Å². The molecule has 0 saturated carbocycles. The summed E-state index contributed by atoms with van der Waals surface area (Å²) in [5.41, 5.74) is 3.23. The number of rotatable bonds is 16. The van der Waals surface area contributed by atoms with Gasteiger partial charge in [0.15, 0.2) is 0 Å². The van der Waals surface area contributed by atoms with Gasteiger partial charge in [-0.25, -0.2) is 17.6 Å². The number of nitrogens with one attached hydrogen (secondary N) is 4. The lowest BCUT2D eigenvalue weighted by atomic mass is 9.85. The monoisotopic (exact) mass is 1130 g/mol. The topological polar surface area (TPSA) is 185 Å². The predicted octanol–water partition coefficient (Wildman–Crippen LogP) is 6.27. The highest BCUT2D eigenvalue weighted by Gasteiger charge is 2.47. The molecule has 6 aliphatic rings. The molecule has 22 heteroatoms. The highest BCUT2D eigenvalue weighted by Crippen LogP contribution is 2.51. The molecule has 10 rings (SSSR count). The fraction of sp³-hybridized carbons (Fsp3) is 0.536. The Kier molecular flexibility index (Phi) is 19.0. The number of morpholine rings is 2. The van der Waals surface area contributed by atoms with Crippen LogP contribution >= 0.6 is 23.2 Å². The molecule has 16 nitrogen and oxygen atoms in total. The van der Waals surface area contributed by atoms with Gasteiger partial charge in [-0.2, -0.15) is 0 Å². The fourth-order valence-corrected chi connectivity index (χ4v) is 11.8. The number of hydrogen-bond donors (Lipinski definition) is 6. The molecular weight excluding hydrogens is 1060 g/mol. The fourth-order valence-electron chi connectivity index (χ4n) is 11.4. The van der Waals surface area contributed by atoms with Crippen molar-refractivity contribution in [3.05, 3.63) is 116 Å². The van der Waals surface area contributed by atoms with Crippen molar-refractivity contribution < 1.29 is 65.8 Å². The lowest BCUT2D eigenvalue weighted by Gasteiger charge is -2.42. The second-order valence-electron chi connectivity index (χ2n) is 21.1. The molecule has 4 saturated heterocycles. The predicted molar refractivity (Wildman–Crippen MR) is 285 cm³/mol. The summed E-state index contributed by atoms with van der Waals surface area (Å²) in [4.78, 5) is 28.2. The standard InChI is InChI=1S/2C28H34ClF2N3O5/c2*1-17(35)33-23(10-18-8-20(30)13-21(31)9-18)26(36)15-32-24-14-28(2-5-38-16-28)39-27-22(24)11-19(29)12-25(27)34-3-6-37-7-4-34/h2*8-9,11-13,23-24,26,32,36H,2-7,10,14-16H2,1H3,(H,33,35)/t23-,24-,26+,28+;23-,24-,26+,28-/m00/s1. The molecule has 6 N–H and O–H groups in total. The van der Waals surface area contributed by atoms with E-state index in [1.807, 2.05) is 24.3 Å². The molecule has 2 spiro atoms. The molecule has 0 aromatic heterocycles. The number of aliphatic hydroxyl groups is 2. The third kappa shape index (κ3) is 14.5. The maximum Gasteiger partial charge on any atom is 0.217 e. The third-order valence-corrected chi connectivity index (χ3v) is 15.5. The van der Waals surface area contributed by atoms with Gasteiger partial charge in [0.2, 0.25) is 11.8 Å². The molecule has 6 aliphatic heterocycles. The van der Waals surface area contributed by atoms with E-state index < -0.39 is 58.8 Å². The first-order valence-electron chi connectivity index (χ1n) is 26.6. The van der Waals surface area contributed by atoms with Gasteiger partial charge in [-0.15, -0.1) is 0 Å². The molecule has 0 bridgehead atoms. The minimum Gasteiger partial charge on any atom is -0.482 e. The van der Waals surface area contributed by atoms with E-state index in [2.05, 4.69) is 31.1 Å². The van der Waals surface area contributed by atoms with Crippen LogP contribution in [0.1, 0.15) is 73.9 Å². The molecule has 424 valence electrons. The zero-order chi connectivity index (χ0) is 55.1. The summed E-state index contributed by atoms with van der Waals surface area (Å²) in [6.07, 6.45) is 0.722. The number of hydrogen-bond acceptors (Lipinski definition) is 14. The quantitative estimate of drug-likeness (QED) is 0.0691. The highest BCUT2D eigenvalue weighted by molar-refractivity contribution is 6.31. The summed E-state index contributed by atoms with van der Waals surface area (Å²) in [5.74, 6) is -2.06. The van der Waals surface area contributed by atoms with Gasteiger partial charge in [0.05, 0.1) is 88.5 Å². The molecule has 6 heterocycles. The Bertz CT molecular complexity index is 2520. The van der Waals surface area contributed by atoms with Crippen molar-refractivity contribution in [2.24, 2.45) is 0 Å². The molecular formula is C56H68Cl2F4N6O10. The van der Waals surface area contributed by atoms with Gasteiger partial charge < -0.3 is 69.7 Å². The van der Waals surface area contributed by atoms with E-state index in [1.54, 1.807) is 0 Å². The summed E-state index contributed by atoms with van der Waals surface area (Å²) in [5, 5.41) is 35.8. The average Bonchev–Trinajstić information content (AvgIpc) is 4.21. The number of fused-ring (bicyclic) bond motifs is 2. The Balaban J connectivity index is 0.000000190. The van der Waals surface area contributed by atoms with Gasteiger partial charge in [0.25, 0.3) is 0 Å². The van der Waals surface area contributed by atoms with Crippen LogP contribution in [0.15, 0.2) is 60.7 Å². The Morgan fingerprint density at radius 2 is 0.949 bits per heavy atom. The van der Waals surface area contributed by atoms with Crippen molar-refractivity contribution in [2.45, 2.75) is 99.9 Å². The van der Waals surface area contributed by atoms with Gasteiger partial charge >= 0.3 is 0 Å². The maximum absolute atomic E-state index is 13.8. The molecule has 0 aliphatic carbocycles. The van der Waals surface area contributed by atoms with Gasteiger partial charge in [0.1, 0.15) is 46.0 Å². The lowest BCUT2D eigenvalue weighted by molar-refractivity contribution is -0.121. The van der Waals surface area contributed by atoms with Crippen LogP contribution in [-0.4, -0.2) is 150 Å². The molecule has 4 fully saturated rings. The maximum atomic E-state index is 13.8. The van der Waals surface area contributed by atoms with Crippen LogP contribution in [0.2, 0.25) is 10.0 Å². The second-order valence-corrected chi connectivity index (χ2v) is 22.0. The van der Waals surface area contributed by atoms with Crippen molar-refractivity contribution in [3.8, 4) is 11.5 Å². The van der Waals surface area contributed by atoms with E-state index in [0.29, 0.717) is 86.9 Å². The number of carbonyl (C=O) groups excluding carboxylic acids is 2. The zero-order valence-corrected chi connectivity index (χ0v) is 45.2. The lowest BCUT2D eigenvalue weighted by Crippen LogP contribution is -2.50. The Hall–Kier alpha value is -5.00. The smallest absolute Gasteiger partial charge is 0.217 e. The van der Waals surface area contributed by atoms with Crippen LogP contribution in [0.3, 0.4) is 0 Å². The summed E-state index contributed by atoms with van der Waals surface area (Å²) in [7, 11) is 0. The zero-order valence-electron chi connectivity index (χ0n) is 43.7. The first-order chi connectivity index (χ1) is 37.4. The van der Waals surface area contributed by atoms with Crippen molar-refractivity contribution in [3.63, 3.8) is 0 Å². The van der Waals surface area contributed by atoms with Crippen molar-refractivity contribution in [1.29, 1.82) is 0 Å².